The first-order chi connectivity index (χ1) is 11.9. The average molecular weight is 360 g/mol. The number of aryl methyl sites for hydroxylation is 1. The molecule has 1 aliphatic carbocycles. The van der Waals surface area contributed by atoms with Gasteiger partial charge in [-0.15, -0.1) is 5.10 Å². The molecule has 1 aliphatic rings. The summed E-state index contributed by atoms with van der Waals surface area (Å²) in [7, 11) is -3.69. The molecule has 4 rings (SSSR count). The summed E-state index contributed by atoms with van der Waals surface area (Å²) in [5.74, 6) is 0. The minimum atomic E-state index is -3.69. The second kappa shape index (κ2) is 5.87. The maximum absolute atomic E-state index is 11.6. The Labute approximate surface area is 146 Å². The van der Waals surface area contributed by atoms with Gasteiger partial charge in [-0.25, -0.2) is 0 Å². The van der Waals surface area contributed by atoms with E-state index < -0.39 is 10.1 Å². The molecule has 0 spiro atoms. The lowest BCUT2D eigenvalue weighted by molar-refractivity contribution is 0.256. The highest BCUT2D eigenvalue weighted by Gasteiger charge is 2.20. The van der Waals surface area contributed by atoms with E-state index in [-0.39, 0.29) is 0 Å². The summed E-state index contributed by atoms with van der Waals surface area (Å²) in [6.45, 7) is 1.95. The maximum Gasteiger partial charge on any atom is 0.325 e. The van der Waals surface area contributed by atoms with Crippen molar-refractivity contribution in [3.05, 3.63) is 30.1 Å². The van der Waals surface area contributed by atoms with Crippen LogP contribution in [-0.2, 0) is 10.1 Å². The summed E-state index contributed by atoms with van der Waals surface area (Å²) in [4.78, 5) is 5.67. The number of nitrogens with one attached hydrogen (secondary N) is 1. The van der Waals surface area contributed by atoms with Crippen molar-refractivity contribution in [3.63, 3.8) is 0 Å². The Balaban J connectivity index is 1.96. The Hall–Kier alpha value is -2.35. The summed E-state index contributed by atoms with van der Waals surface area (Å²) >= 11 is 0. The van der Waals surface area contributed by atoms with Crippen molar-refractivity contribution in [1.29, 1.82) is 0 Å². The fourth-order valence-corrected chi connectivity index (χ4v) is 3.90. The zero-order chi connectivity index (χ0) is 17.6. The van der Waals surface area contributed by atoms with Crippen LogP contribution in [0.1, 0.15) is 31.4 Å². The fourth-order valence-electron chi connectivity index (χ4n) is 3.53. The molecule has 7 nitrogen and oxygen atoms in total. The highest BCUT2D eigenvalue weighted by molar-refractivity contribution is 7.86. The molecule has 0 atom stereocenters. The minimum absolute atomic E-state index is 0.424. The number of hydrogen-bond acceptors (Lipinski definition) is 6. The second-order valence-electron chi connectivity index (χ2n) is 6.63. The number of rotatable bonds is 4. The van der Waals surface area contributed by atoms with Crippen LogP contribution < -0.4 is 9.60 Å². The lowest BCUT2D eigenvalue weighted by atomic mass is 10.1. The van der Waals surface area contributed by atoms with Crippen LogP contribution in [-0.4, -0.2) is 35.6 Å². The highest BCUT2D eigenvalue weighted by atomic mass is 32.2. The van der Waals surface area contributed by atoms with Crippen LogP contribution >= 0.6 is 0 Å². The van der Waals surface area contributed by atoms with Crippen LogP contribution in [0.25, 0.3) is 21.8 Å². The molecule has 1 aromatic carbocycles. The summed E-state index contributed by atoms with van der Waals surface area (Å²) < 4.78 is 28.2. The van der Waals surface area contributed by atoms with Crippen molar-refractivity contribution >= 4 is 37.6 Å². The number of benzene rings is 1. The number of fused-ring (bicyclic) bond motifs is 3. The Bertz CT molecular complexity index is 1050. The zero-order valence-electron chi connectivity index (χ0n) is 14.2. The molecule has 25 heavy (non-hydrogen) atoms. The molecular formula is C17H20N4O3S. The van der Waals surface area contributed by atoms with Crippen LogP contribution in [0.3, 0.4) is 0 Å². The number of aromatic nitrogens is 3. The van der Waals surface area contributed by atoms with Gasteiger partial charge in [0.1, 0.15) is 5.52 Å². The highest BCUT2D eigenvalue weighted by Crippen LogP contribution is 2.33. The van der Waals surface area contributed by atoms with Gasteiger partial charge in [-0.3, -0.25) is 9.27 Å². The summed E-state index contributed by atoms with van der Waals surface area (Å²) in [5, 5.41) is 9.33. The molecule has 1 N–H and O–H groups in total. The molecule has 132 valence electrons. The van der Waals surface area contributed by atoms with Crippen LogP contribution in [0.2, 0.25) is 0 Å². The van der Waals surface area contributed by atoms with Crippen molar-refractivity contribution in [2.75, 3.05) is 11.6 Å². The Kier molecular flexibility index (Phi) is 3.79. The molecular weight excluding hydrogens is 340 g/mol. The lowest BCUT2D eigenvalue weighted by Crippen LogP contribution is -2.20. The molecule has 1 saturated carbocycles. The largest absolute Gasteiger partial charge is 0.382 e. The van der Waals surface area contributed by atoms with E-state index in [0.29, 0.717) is 11.6 Å². The molecule has 2 heterocycles. The maximum atomic E-state index is 11.6. The van der Waals surface area contributed by atoms with E-state index >= 15 is 0 Å². The zero-order valence-corrected chi connectivity index (χ0v) is 15.0. The third-order valence-corrected chi connectivity index (χ3v) is 4.93. The van der Waals surface area contributed by atoms with Gasteiger partial charge < -0.3 is 5.32 Å². The molecule has 0 aliphatic heterocycles. The van der Waals surface area contributed by atoms with E-state index in [9.17, 15) is 8.42 Å². The standard InChI is InChI=1S/C17H20N4O3S/c1-11-9-15(20-13-5-3-4-6-13)16-14(19-11)8-7-12-10-18-21(17(12)16)24-25(2,22)23/h7-10,13H,3-6H2,1-2H3,(H,19,20). The number of nitrogens with zero attached hydrogens (tertiary/aromatic N) is 3. The van der Waals surface area contributed by atoms with Gasteiger partial charge in [0.05, 0.1) is 23.4 Å². The molecule has 1 fully saturated rings. The summed E-state index contributed by atoms with van der Waals surface area (Å²) in [6.07, 6.45) is 7.33. The van der Waals surface area contributed by atoms with Gasteiger partial charge in [-0.1, -0.05) is 17.7 Å². The smallest absolute Gasteiger partial charge is 0.325 e. The number of pyridine rings is 1. The van der Waals surface area contributed by atoms with Gasteiger partial charge in [0.2, 0.25) is 0 Å². The second-order valence-corrected chi connectivity index (χ2v) is 8.19. The van der Waals surface area contributed by atoms with E-state index in [1.807, 2.05) is 25.1 Å². The third kappa shape index (κ3) is 3.13. The molecule has 3 aromatic rings. The van der Waals surface area contributed by atoms with Crippen molar-refractivity contribution in [2.24, 2.45) is 0 Å². The number of anilines is 1. The first kappa shape index (κ1) is 16.1. The Morgan fingerprint density at radius 1 is 1.28 bits per heavy atom. The third-order valence-electron chi connectivity index (χ3n) is 4.52. The van der Waals surface area contributed by atoms with E-state index in [2.05, 4.69) is 15.4 Å². The predicted octanol–water partition coefficient (Wildman–Crippen LogP) is 2.64. The van der Waals surface area contributed by atoms with Crippen LogP contribution in [0.5, 0.6) is 0 Å². The van der Waals surface area contributed by atoms with Crippen molar-refractivity contribution in [2.45, 2.75) is 38.6 Å². The van der Waals surface area contributed by atoms with Gasteiger partial charge in [0.15, 0.2) is 0 Å². The van der Waals surface area contributed by atoms with Crippen LogP contribution in [0.4, 0.5) is 5.69 Å². The molecule has 0 bridgehead atoms. The van der Waals surface area contributed by atoms with E-state index in [0.717, 1.165) is 51.6 Å². The van der Waals surface area contributed by atoms with Gasteiger partial charge in [0.25, 0.3) is 0 Å². The van der Waals surface area contributed by atoms with Crippen molar-refractivity contribution in [3.8, 4) is 0 Å². The summed E-state index contributed by atoms with van der Waals surface area (Å²) in [6, 6.07) is 6.22. The molecule has 0 saturated heterocycles. The molecule has 0 unspecified atom stereocenters. The number of hydrogen-bond donors (Lipinski definition) is 1. The van der Waals surface area contributed by atoms with Gasteiger partial charge >= 0.3 is 10.1 Å². The van der Waals surface area contributed by atoms with Gasteiger partial charge in [-0.05, 0) is 38.0 Å². The topological polar surface area (TPSA) is 86.1 Å². The fraction of sp³-hybridized carbons (Fsp3) is 0.412. The normalized spacial score (nSPS) is 15.9. The quantitative estimate of drug-likeness (QED) is 0.770. The predicted molar refractivity (Wildman–Crippen MR) is 97.1 cm³/mol. The van der Waals surface area contributed by atoms with Crippen molar-refractivity contribution < 1.29 is 12.7 Å². The average Bonchev–Trinajstić information content (AvgIpc) is 3.15. The molecule has 2 aromatic heterocycles. The Morgan fingerprint density at radius 2 is 2.04 bits per heavy atom. The first-order valence-corrected chi connectivity index (χ1v) is 10.2. The van der Waals surface area contributed by atoms with Crippen LogP contribution in [0, 0.1) is 6.92 Å². The van der Waals surface area contributed by atoms with Crippen molar-refractivity contribution in [1.82, 2.24) is 14.9 Å². The van der Waals surface area contributed by atoms with E-state index in [4.69, 9.17) is 4.28 Å². The van der Waals surface area contributed by atoms with Crippen LogP contribution in [0.15, 0.2) is 24.4 Å². The monoisotopic (exact) mass is 360 g/mol. The SMILES string of the molecule is Cc1cc(NC2CCCC2)c2c(ccc3cnn(OS(C)(=O)=O)c32)n1. The van der Waals surface area contributed by atoms with E-state index in [1.165, 1.54) is 12.8 Å². The van der Waals surface area contributed by atoms with E-state index in [1.54, 1.807) is 6.20 Å². The lowest BCUT2D eigenvalue weighted by Gasteiger charge is -2.17. The first-order valence-electron chi connectivity index (χ1n) is 8.35. The minimum Gasteiger partial charge on any atom is -0.382 e. The molecule has 0 amide bonds. The summed E-state index contributed by atoms with van der Waals surface area (Å²) in [5.41, 5.74) is 3.24. The molecule has 8 heteroatoms. The van der Waals surface area contributed by atoms with Gasteiger partial charge in [0, 0.05) is 22.8 Å². The molecule has 0 radical (unpaired) electrons. The Morgan fingerprint density at radius 3 is 2.76 bits per heavy atom. The van der Waals surface area contributed by atoms with Gasteiger partial charge in [-0.2, -0.15) is 8.42 Å².